The third-order valence-electron chi connectivity index (χ3n) is 3.58. The van der Waals surface area contributed by atoms with Crippen molar-refractivity contribution in [3.8, 4) is 0 Å². The van der Waals surface area contributed by atoms with Crippen molar-refractivity contribution in [2.75, 3.05) is 7.05 Å². The SMILES string of the molecule is CCCn1nncc1C(NC)c1ccc2ccccc2n1. The van der Waals surface area contributed by atoms with Crippen LogP contribution >= 0.6 is 0 Å². The van der Waals surface area contributed by atoms with Crippen LogP contribution in [0.1, 0.15) is 30.8 Å². The lowest BCUT2D eigenvalue weighted by molar-refractivity contribution is 0.519. The van der Waals surface area contributed by atoms with E-state index < -0.39 is 0 Å². The third-order valence-corrected chi connectivity index (χ3v) is 3.58. The summed E-state index contributed by atoms with van der Waals surface area (Å²) < 4.78 is 1.94. The number of para-hydroxylation sites is 1. The predicted octanol–water partition coefficient (Wildman–Crippen LogP) is 2.55. The molecule has 1 N–H and O–H groups in total. The number of nitrogens with one attached hydrogen (secondary N) is 1. The highest BCUT2D eigenvalue weighted by Gasteiger charge is 2.18. The molecule has 2 aromatic heterocycles. The zero-order chi connectivity index (χ0) is 14.7. The molecular weight excluding hydrogens is 262 g/mol. The van der Waals surface area contributed by atoms with Crippen LogP contribution in [0.2, 0.25) is 0 Å². The van der Waals surface area contributed by atoms with Crippen molar-refractivity contribution in [2.45, 2.75) is 25.9 Å². The monoisotopic (exact) mass is 281 g/mol. The molecule has 0 spiro atoms. The second-order valence-corrected chi connectivity index (χ2v) is 5.03. The fraction of sp³-hybridized carbons (Fsp3) is 0.312. The van der Waals surface area contributed by atoms with Gasteiger partial charge in [-0.05, 0) is 25.6 Å². The summed E-state index contributed by atoms with van der Waals surface area (Å²) in [5, 5.41) is 12.7. The van der Waals surface area contributed by atoms with Crippen LogP contribution in [-0.4, -0.2) is 27.0 Å². The zero-order valence-corrected chi connectivity index (χ0v) is 12.3. The first-order chi connectivity index (χ1) is 10.3. The van der Waals surface area contributed by atoms with Crippen LogP contribution in [0.3, 0.4) is 0 Å². The number of benzene rings is 1. The second-order valence-electron chi connectivity index (χ2n) is 5.03. The quantitative estimate of drug-likeness (QED) is 0.781. The molecule has 0 radical (unpaired) electrons. The maximum Gasteiger partial charge on any atom is 0.0936 e. The Kier molecular flexibility index (Phi) is 3.92. The summed E-state index contributed by atoms with van der Waals surface area (Å²) in [7, 11) is 1.94. The Bertz CT molecular complexity index is 734. The van der Waals surface area contributed by atoms with Crippen LogP contribution in [0.4, 0.5) is 0 Å². The van der Waals surface area contributed by atoms with E-state index >= 15 is 0 Å². The van der Waals surface area contributed by atoms with Crippen molar-refractivity contribution in [1.29, 1.82) is 0 Å². The second kappa shape index (κ2) is 6.01. The summed E-state index contributed by atoms with van der Waals surface area (Å²) in [6.07, 6.45) is 2.84. The molecule has 0 aliphatic rings. The fourth-order valence-corrected chi connectivity index (χ4v) is 2.56. The lowest BCUT2D eigenvalue weighted by atomic mass is 10.1. The molecule has 0 saturated carbocycles. The maximum absolute atomic E-state index is 4.77. The molecule has 0 bridgehead atoms. The van der Waals surface area contributed by atoms with Crippen LogP contribution in [0.15, 0.2) is 42.6 Å². The summed E-state index contributed by atoms with van der Waals surface area (Å²) in [6.45, 7) is 3.00. The van der Waals surface area contributed by atoms with E-state index in [4.69, 9.17) is 4.98 Å². The van der Waals surface area contributed by atoms with Gasteiger partial charge in [-0.3, -0.25) is 4.98 Å². The first-order valence-corrected chi connectivity index (χ1v) is 7.25. The Labute approximate surface area is 124 Å². The highest BCUT2D eigenvalue weighted by molar-refractivity contribution is 5.78. The van der Waals surface area contributed by atoms with E-state index in [0.29, 0.717) is 0 Å². The number of aromatic nitrogens is 4. The Hall–Kier alpha value is -2.27. The number of hydrogen-bond donors (Lipinski definition) is 1. The molecule has 108 valence electrons. The summed E-state index contributed by atoms with van der Waals surface area (Å²) in [5.41, 5.74) is 3.03. The van der Waals surface area contributed by atoms with E-state index in [1.165, 1.54) is 0 Å². The topological polar surface area (TPSA) is 55.6 Å². The molecule has 0 fully saturated rings. The first kappa shape index (κ1) is 13.7. The Morgan fingerprint density at radius 3 is 2.86 bits per heavy atom. The molecule has 3 aromatic rings. The summed E-state index contributed by atoms with van der Waals surface area (Å²) in [4.78, 5) is 4.77. The lowest BCUT2D eigenvalue weighted by Crippen LogP contribution is -2.22. The van der Waals surface area contributed by atoms with E-state index in [0.717, 1.165) is 35.3 Å². The number of pyridine rings is 1. The fourth-order valence-electron chi connectivity index (χ4n) is 2.56. The molecule has 1 aromatic carbocycles. The van der Waals surface area contributed by atoms with E-state index in [1.54, 1.807) is 0 Å². The number of nitrogens with zero attached hydrogens (tertiary/aromatic N) is 4. The number of aryl methyl sites for hydroxylation is 1. The summed E-state index contributed by atoms with van der Waals surface area (Å²) in [6, 6.07) is 12.3. The Morgan fingerprint density at radius 1 is 1.19 bits per heavy atom. The molecule has 0 amide bonds. The van der Waals surface area contributed by atoms with E-state index in [-0.39, 0.29) is 6.04 Å². The van der Waals surface area contributed by atoms with Gasteiger partial charge in [0.15, 0.2) is 0 Å². The molecule has 0 saturated heterocycles. The maximum atomic E-state index is 4.77. The lowest BCUT2D eigenvalue weighted by Gasteiger charge is -2.17. The molecular formula is C16H19N5. The molecule has 5 heteroatoms. The van der Waals surface area contributed by atoms with Crippen molar-refractivity contribution in [3.63, 3.8) is 0 Å². The molecule has 0 aliphatic heterocycles. The summed E-state index contributed by atoms with van der Waals surface area (Å²) in [5.74, 6) is 0. The summed E-state index contributed by atoms with van der Waals surface area (Å²) >= 11 is 0. The van der Waals surface area contributed by atoms with Crippen molar-refractivity contribution in [2.24, 2.45) is 0 Å². The van der Waals surface area contributed by atoms with Gasteiger partial charge >= 0.3 is 0 Å². The molecule has 0 aliphatic carbocycles. The van der Waals surface area contributed by atoms with Crippen LogP contribution in [0.5, 0.6) is 0 Å². The molecule has 1 unspecified atom stereocenters. The van der Waals surface area contributed by atoms with Gasteiger partial charge < -0.3 is 5.32 Å². The van der Waals surface area contributed by atoms with Gasteiger partial charge in [-0.25, -0.2) is 4.68 Å². The average Bonchev–Trinajstić information content (AvgIpc) is 2.97. The minimum absolute atomic E-state index is 0.00356. The average molecular weight is 281 g/mol. The van der Waals surface area contributed by atoms with Crippen molar-refractivity contribution in [3.05, 3.63) is 54.0 Å². The van der Waals surface area contributed by atoms with Gasteiger partial charge in [0.2, 0.25) is 0 Å². The minimum Gasteiger partial charge on any atom is -0.307 e. The molecule has 2 heterocycles. The smallest absolute Gasteiger partial charge is 0.0936 e. The largest absolute Gasteiger partial charge is 0.307 e. The highest BCUT2D eigenvalue weighted by atomic mass is 15.4. The van der Waals surface area contributed by atoms with Gasteiger partial charge in [0.05, 0.1) is 29.1 Å². The van der Waals surface area contributed by atoms with E-state index in [1.807, 2.05) is 36.1 Å². The van der Waals surface area contributed by atoms with Gasteiger partial charge in [-0.2, -0.15) is 0 Å². The highest BCUT2D eigenvalue weighted by Crippen LogP contribution is 2.22. The molecule has 5 nitrogen and oxygen atoms in total. The zero-order valence-electron chi connectivity index (χ0n) is 12.3. The van der Waals surface area contributed by atoms with Gasteiger partial charge in [-0.1, -0.05) is 36.4 Å². The minimum atomic E-state index is -0.00356. The van der Waals surface area contributed by atoms with Crippen LogP contribution in [-0.2, 0) is 6.54 Å². The first-order valence-electron chi connectivity index (χ1n) is 7.25. The van der Waals surface area contributed by atoms with Crippen LogP contribution in [0, 0.1) is 0 Å². The van der Waals surface area contributed by atoms with Gasteiger partial charge in [0.1, 0.15) is 0 Å². The van der Waals surface area contributed by atoms with Crippen molar-refractivity contribution < 1.29 is 0 Å². The normalized spacial score (nSPS) is 12.7. The van der Waals surface area contributed by atoms with Crippen LogP contribution in [0.25, 0.3) is 10.9 Å². The standard InChI is InChI=1S/C16H19N5/c1-3-10-21-15(11-18-20-21)16(17-2)14-9-8-12-6-4-5-7-13(12)19-14/h4-9,11,16-17H,3,10H2,1-2H3. The van der Waals surface area contributed by atoms with Gasteiger partial charge in [-0.15, -0.1) is 5.10 Å². The Balaban J connectivity index is 2.03. The third kappa shape index (κ3) is 2.64. The molecule has 21 heavy (non-hydrogen) atoms. The van der Waals surface area contributed by atoms with Gasteiger partial charge in [0, 0.05) is 11.9 Å². The molecule has 3 rings (SSSR count). The van der Waals surface area contributed by atoms with E-state index in [2.05, 4.69) is 40.8 Å². The predicted molar refractivity (Wildman–Crippen MR) is 83.0 cm³/mol. The van der Waals surface area contributed by atoms with Crippen molar-refractivity contribution >= 4 is 10.9 Å². The number of rotatable bonds is 5. The Morgan fingerprint density at radius 2 is 2.05 bits per heavy atom. The van der Waals surface area contributed by atoms with Gasteiger partial charge in [0.25, 0.3) is 0 Å². The number of fused-ring (bicyclic) bond motifs is 1. The molecule has 1 atom stereocenters. The van der Waals surface area contributed by atoms with E-state index in [9.17, 15) is 0 Å². The number of hydrogen-bond acceptors (Lipinski definition) is 4. The van der Waals surface area contributed by atoms with Crippen LogP contribution < -0.4 is 5.32 Å². The van der Waals surface area contributed by atoms with Crippen molar-refractivity contribution in [1.82, 2.24) is 25.3 Å².